The molecule has 1 fully saturated rings. The summed E-state index contributed by atoms with van der Waals surface area (Å²) in [6.45, 7) is 5.58. The molecule has 0 saturated carbocycles. The summed E-state index contributed by atoms with van der Waals surface area (Å²) in [5, 5.41) is 3.21. The molecule has 1 atom stereocenters. The summed E-state index contributed by atoms with van der Waals surface area (Å²) in [4.78, 5) is 13.6. The fourth-order valence-electron chi connectivity index (χ4n) is 2.18. The van der Waals surface area contributed by atoms with E-state index in [0.29, 0.717) is 26.3 Å². The van der Waals surface area contributed by atoms with Crippen LogP contribution in [0, 0.1) is 0 Å². The van der Waals surface area contributed by atoms with Gasteiger partial charge in [-0.2, -0.15) is 0 Å². The average Bonchev–Trinajstić information content (AvgIpc) is 2.84. The standard InChI is InChI=1S/C15H20N2O3/c1-3-9-20-13-6-4-12(5-7-13)15-16-11-14(18)17(15)8-10-19-2/h3-7,15-16H,1,8-11H2,2H3. The molecule has 1 saturated heterocycles. The fraction of sp³-hybridized carbons (Fsp3) is 0.400. The quantitative estimate of drug-likeness (QED) is 0.763. The van der Waals surface area contributed by atoms with E-state index in [-0.39, 0.29) is 12.1 Å². The molecule has 0 spiro atoms. The number of carbonyl (C=O) groups excluding carboxylic acids is 1. The molecule has 1 N–H and O–H groups in total. The number of hydrogen-bond donors (Lipinski definition) is 1. The average molecular weight is 276 g/mol. The fourth-order valence-corrected chi connectivity index (χ4v) is 2.18. The topological polar surface area (TPSA) is 50.8 Å². The lowest BCUT2D eigenvalue weighted by Gasteiger charge is -2.24. The van der Waals surface area contributed by atoms with Crippen LogP contribution in [0.25, 0.3) is 0 Å². The molecule has 1 aromatic rings. The van der Waals surface area contributed by atoms with Crippen LogP contribution >= 0.6 is 0 Å². The number of carbonyl (C=O) groups is 1. The molecule has 0 aliphatic carbocycles. The van der Waals surface area contributed by atoms with Crippen LogP contribution in [0.3, 0.4) is 0 Å². The van der Waals surface area contributed by atoms with Gasteiger partial charge in [0, 0.05) is 13.7 Å². The molecule has 20 heavy (non-hydrogen) atoms. The number of ether oxygens (including phenoxy) is 2. The molecule has 2 rings (SSSR count). The Kier molecular flexibility index (Phi) is 5.15. The van der Waals surface area contributed by atoms with Gasteiger partial charge in [-0.3, -0.25) is 10.1 Å². The zero-order chi connectivity index (χ0) is 14.4. The van der Waals surface area contributed by atoms with Gasteiger partial charge in [-0.25, -0.2) is 0 Å². The maximum Gasteiger partial charge on any atom is 0.238 e. The highest BCUT2D eigenvalue weighted by molar-refractivity contribution is 5.80. The number of rotatable bonds is 7. The van der Waals surface area contributed by atoms with Crippen LogP contribution in [-0.2, 0) is 9.53 Å². The Hall–Kier alpha value is -1.85. The van der Waals surface area contributed by atoms with E-state index in [9.17, 15) is 4.79 Å². The minimum Gasteiger partial charge on any atom is -0.490 e. The summed E-state index contributed by atoms with van der Waals surface area (Å²) in [7, 11) is 1.63. The third-order valence-electron chi connectivity index (χ3n) is 3.18. The summed E-state index contributed by atoms with van der Waals surface area (Å²) < 4.78 is 10.5. The van der Waals surface area contributed by atoms with Crippen LogP contribution < -0.4 is 10.1 Å². The van der Waals surface area contributed by atoms with Crippen molar-refractivity contribution in [3.63, 3.8) is 0 Å². The van der Waals surface area contributed by atoms with Gasteiger partial charge in [-0.15, -0.1) is 0 Å². The molecular formula is C15H20N2O3. The molecule has 1 aliphatic rings. The van der Waals surface area contributed by atoms with Gasteiger partial charge in [0.15, 0.2) is 0 Å². The Labute approximate surface area is 119 Å². The third-order valence-corrected chi connectivity index (χ3v) is 3.18. The smallest absolute Gasteiger partial charge is 0.238 e. The number of nitrogens with one attached hydrogen (secondary N) is 1. The van der Waals surface area contributed by atoms with Crippen LogP contribution in [0.2, 0.25) is 0 Å². The van der Waals surface area contributed by atoms with Gasteiger partial charge in [-0.05, 0) is 17.7 Å². The van der Waals surface area contributed by atoms with Crippen LogP contribution in [0.15, 0.2) is 36.9 Å². The molecule has 0 radical (unpaired) electrons. The normalized spacial score (nSPS) is 18.4. The monoisotopic (exact) mass is 276 g/mol. The summed E-state index contributed by atoms with van der Waals surface area (Å²) in [5.74, 6) is 0.889. The van der Waals surface area contributed by atoms with Crippen molar-refractivity contribution in [1.29, 1.82) is 0 Å². The Morgan fingerprint density at radius 2 is 2.20 bits per heavy atom. The predicted molar refractivity (Wildman–Crippen MR) is 76.5 cm³/mol. The summed E-state index contributed by atoms with van der Waals surface area (Å²) in [6, 6.07) is 7.73. The molecule has 5 nitrogen and oxygen atoms in total. The SMILES string of the molecule is C=CCOc1ccc(C2NCC(=O)N2CCOC)cc1. The number of amides is 1. The molecule has 1 aromatic carbocycles. The van der Waals surface area contributed by atoms with E-state index in [1.165, 1.54) is 0 Å². The minimum absolute atomic E-state index is 0.0916. The highest BCUT2D eigenvalue weighted by atomic mass is 16.5. The van der Waals surface area contributed by atoms with Crippen molar-refractivity contribution in [3.8, 4) is 5.75 Å². The first-order valence-corrected chi connectivity index (χ1v) is 6.61. The lowest BCUT2D eigenvalue weighted by atomic mass is 10.1. The summed E-state index contributed by atoms with van der Waals surface area (Å²) in [5.41, 5.74) is 1.04. The number of benzene rings is 1. The Morgan fingerprint density at radius 3 is 2.85 bits per heavy atom. The van der Waals surface area contributed by atoms with Gasteiger partial charge in [0.05, 0.1) is 13.2 Å². The van der Waals surface area contributed by atoms with Crippen LogP contribution in [0.4, 0.5) is 0 Å². The molecule has 1 unspecified atom stereocenters. The second-order valence-corrected chi connectivity index (χ2v) is 4.53. The van der Waals surface area contributed by atoms with E-state index in [0.717, 1.165) is 11.3 Å². The van der Waals surface area contributed by atoms with Gasteiger partial charge in [-0.1, -0.05) is 24.8 Å². The van der Waals surface area contributed by atoms with Crippen molar-refractivity contribution in [3.05, 3.63) is 42.5 Å². The van der Waals surface area contributed by atoms with Gasteiger partial charge >= 0.3 is 0 Å². The first-order valence-electron chi connectivity index (χ1n) is 6.61. The molecule has 5 heteroatoms. The van der Waals surface area contributed by atoms with E-state index in [1.807, 2.05) is 24.3 Å². The zero-order valence-corrected chi connectivity index (χ0v) is 11.7. The van der Waals surface area contributed by atoms with Gasteiger partial charge < -0.3 is 14.4 Å². The molecular weight excluding hydrogens is 256 g/mol. The first-order chi connectivity index (χ1) is 9.76. The van der Waals surface area contributed by atoms with E-state index in [4.69, 9.17) is 9.47 Å². The van der Waals surface area contributed by atoms with Crippen molar-refractivity contribution >= 4 is 5.91 Å². The van der Waals surface area contributed by atoms with E-state index < -0.39 is 0 Å². The molecule has 108 valence electrons. The van der Waals surface area contributed by atoms with Gasteiger partial charge in [0.2, 0.25) is 5.91 Å². The maximum absolute atomic E-state index is 11.8. The molecule has 1 amide bonds. The van der Waals surface area contributed by atoms with E-state index in [2.05, 4.69) is 11.9 Å². The Bertz CT molecular complexity index is 459. The first kappa shape index (κ1) is 14.6. The Morgan fingerprint density at radius 1 is 1.45 bits per heavy atom. The van der Waals surface area contributed by atoms with Crippen molar-refractivity contribution in [1.82, 2.24) is 10.2 Å². The highest BCUT2D eigenvalue weighted by Crippen LogP contribution is 2.24. The molecule has 0 bridgehead atoms. The number of hydrogen-bond acceptors (Lipinski definition) is 4. The van der Waals surface area contributed by atoms with Crippen molar-refractivity contribution < 1.29 is 14.3 Å². The van der Waals surface area contributed by atoms with Crippen LogP contribution in [-0.4, -0.2) is 44.2 Å². The third kappa shape index (κ3) is 3.37. The molecule has 1 heterocycles. The van der Waals surface area contributed by atoms with E-state index >= 15 is 0 Å². The summed E-state index contributed by atoms with van der Waals surface area (Å²) >= 11 is 0. The van der Waals surface area contributed by atoms with Gasteiger partial charge in [0.25, 0.3) is 0 Å². The number of nitrogens with zero attached hydrogens (tertiary/aromatic N) is 1. The lowest BCUT2D eigenvalue weighted by Crippen LogP contribution is -2.33. The largest absolute Gasteiger partial charge is 0.490 e. The van der Waals surface area contributed by atoms with Crippen LogP contribution in [0.1, 0.15) is 11.7 Å². The van der Waals surface area contributed by atoms with Crippen molar-refractivity contribution in [2.24, 2.45) is 0 Å². The van der Waals surface area contributed by atoms with Crippen molar-refractivity contribution in [2.45, 2.75) is 6.17 Å². The Balaban J connectivity index is 2.05. The lowest BCUT2D eigenvalue weighted by molar-refractivity contribution is -0.128. The highest BCUT2D eigenvalue weighted by Gasteiger charge is 2.30. The second kappa shape index (κ2) is 7.07. The summed E-state index contributed by atoms with van der Waals surface area (Å²) in [6.07, 6.45) is 1.61. The number of methoxy groups -OCH3 is 1. The predicted octanol–water partition coefficient (Wildman–Crippen LogP) is 1.33. The zero-order valence-electron chi connectivity index (χ0n) is 11.7. The van der Waals surface area contributed by atoms with Gasteiger partial charge in [0.1, 0.15) is 18.5 Å². The molecule has 0 aromatic heterocycles. The molecule has 1 aliphatic heterocycles. The second-order valence-electron chi connectivity index (χ2n) is 4.53. The van der Waals surface area contributed by atoms with Crippen molar-refractivity contribution in [2.75, 3.05) is 33.4 Å². The minimum atomic E-state index is -0.0916. The van der Waals surface area contributed by atoms with Crippen LogP contribution in [0.5, 0.6) is 5.75 Å². The van der Waals surface area contributed by atoms with E-state index in [1.54, 1.807) is 18.1 Å². The maximum atomic E-state index is 11.8.